The third-order valence-corrected chi connectivity index (χ3v) is 5.43. The number of nitrogens with one attached hydrogen (secondary N) is 1. The molecule has 4 aromatic rings. The van der Waals surface area contributed by atoms with Crippen LogP contribution < -0.4 is 14.8 Å². The van der Waals surface area contributed by atoms with Crippen molar-refractivity contribution in [3.63, 3.8) is 0 Å². The Morgan fingerprint density at radius 3 is 2.87 bits per heavy atom. The van der Waals surface area contributed by atoms with E-state index in [1.165, 1.54) is 11.3 Å². The average Bonchev–Trinajstić information content (AvgIpc) is 3.54. The highest BCUT2D eigenvalue weighted by molar-refractivity contribution is 7.13. The summed E-state index contributed by atoms with van der Waals surface area (Å²) in [6.07, 6.45) is 2.19. The third kappa shape index (κ3) is 4.75. The largest absolute Gasteiger partial charge is 0.493 e. The van der Waals surface area contributed by atoms with Crippen molar-refractivity contribution in [3.8, 4) is 22.2 Å². The molecule has 160 valence electrons. The Kier molecular flexibility index (Phi) is 6.27. The molecule has 3 heterocycles. The molecule has 0 unspecified atom stereocenters. The standard InChI is InChI=1S/C21H21N5O4S/c1-28-15-6-3-5-14(20(15)29-2)13-26-17(10-11-22-26)23-18(27)8-9-19-24-21(25-30-19)16-7-4-12-31-16/h3-7,10-12H,8-9,13H2,1-2H3,(H,23,27). The van der Waals surface area contributed by atoms with E-state index in [1.807, 2.05) is 35.7 Å². The maximum absolute atomic E-state index is 12.5. The van der Waals surface area contributed by atoms with Crippen LogP contribution in [0, 0.1) is 0 Å². The van der Waals surface area contributed by atoms with E-state index in [2.05, 4.69) is 20.6 Å². The summed E-state index contributed by atoms with van der Waals surface area (Å²) in [5.41, 5.74) is 0.882. The normalized spacial score (nSPS) is 10.8. The number of aromatic nitrogens is 4. The highest BCUT2D eigenvalue weighted by atomic mass is 32.1. The molecule has 9 nitrogen and oxygen atoms in total. The lowest BCUT2D eigenvalue weighted by molar-refractivity contribution is -0.116. The fraction of sp³-hybridized carbons (Fsp3) is 0.238. The fourth-order valence-corrected chi connectivity index (χ4v) is 3.74. The minimum atomic E-state index is -0.171. The predicted octanol–water partition coefficient (Wildman–Crippen LogP) is 3.63. The van der Waals surface area contributed by atoms with Crippen LogP contribution in [0.1, 0.15) is 17.9 Å². The van der Waals surface area contributed by atoms with Gasteiger partial charge in [0.2, 0.25) is 17.6 Å². The molecule has 4 rings (SSSR count). The van der Waals surface area contributed by atoms with Gasteiger partial charge in [0.25, 0.3) is 0 Å². The van der Waals surface area contributed by atoms with E-state index < -0.39 is 0 Å². The number of anilines is 1. The lowest BCUT2D eigenvalue weighted by atomic mass is 10.2. The smallest absolute Gasteiger partial charge is 0.227 e. The molecule has 0 radical (unpaired) electrons. The Labute approximate surface area is 182 Å². The zero-order valence-electron chi connectivity index (χ0n) is 17.1. The first-order valence-electron chi connectivity index (χ1n) is 9.56. The lowest BCUT2D eigenvalue weighted by Gasteiger charge is -2.14. The number of para-hydroxylation sites is 1. The maximum atomic E-state index is 12.5. The van der Waals surface area contributed by atoms with Gasteiger partial charge in [-0.2, -0.15) is 10.1 Å². The summed E-state index contributed by atoms with van der Waals surface area (Å²) in [5.74, 6) is 2.65. The summed E-state index contributed by atoms with van der Waals surface area (Å²) in [6, 6.07) is 11.2. The Morgan fingerprint density at radius 1 is 1.19 bits per heavy atom. The van der Waals surface area contributed by atoms with E-state index in [0.29, 0.717) is 42.0 Å². The quantitative estimate of drug-likeness (QED) is 0.425. The Morgan fingerprint density at radius 2 is 2.10 bits per heavy atom. The van der Waals surface area contributed by atoms with Crippen molar-refractivity contribution >= 4 is 23.1 Å². The van der Waals surface area contributed by atoms with Crippen molar-refractivity contribution in [3.05, 3.63) is 59.4 Å². The van der Waals surface area contributed by atoms with Gasteiger partial charge in [-0.3, -0.25) is 4.79 Å². The van der Waals surface area contributed by atoms with Gasteiger partial charge in [-0.15, -0.1) is 11.3 Å². The minimum absolute atomic E-state index is 0.171. The van der Waals surface area contributed by atoms with Crippen molar-refractivity contribution in [2.45, 2.75) is 19.4 Å². The molecule has 0 spiro atoms. The van der Waals surface area contributed by atoms with Gasteiger partial charge in [-0.25, -0.2) is 4.68 Å². The summed E-state index contributed by atoms with van der Waals surface area (Å²) in [4.78, 5) is 17.7. The molecule has 31 heavy (non-hydrogen) atoms. The number of aryl methyl sites for hydroxylation is 1. The van der Waals surface area contributed by atoms with Gasteiger partial charge in [0.15, 0.2) is 11.5 Å². The Hall–Kier alpha value is -3.66. The first kappa shape index (κ1) is 20.6. The topological polar surface area (TPSA) is 104 Å². The predicted molar refractivity (Wildman–Crippen MR) is 115 cm³/mol. The van der Waals surface area contributed by atoms with Crippen LogP contribution in [0.5, 0.6) is 11.5 Å². The molecule has 1 amide bonds. The van der Waals surface area contributed by atoms with Gasteiger partial charge < -0.3 is 19.3 Å². The van der Waals surface area contributed by atoms with Crippen LogP contribution in [0.2, 0.25) is 0 Å². The summed E-state index contributed by atoms with van der Waals surface area (Å²) in [5, 5.41) is 13.1. The van der Waals surface area contributed by atoms with Gasteiger partial charge in [-0.05, 0) is 17.5 Å². The van der Waals surface area contributed by atoms with E-state index in [0.717, 1.165) is 10.4 Å². The molecule has 0 aliphatic heterocycles. The highest BCUT2D eigenvalue weighted by Gasteiger charge is 2.15. The highest BCUT2D eigenvalue weighted by Crippen LogP contribution is 2.31. The number of hydrogen-bond donors (Lipinski definition) is 1. The number of methoxy groups -OCH3 is 2. The number of amides is 1. The van der Waals surface area contributed by atoms with Gasteiger partial charge in [0, 0.05) is 24.5 Å². The molecular formula is C21H21N5O4S. The summed E-state index contributed by atoms with van der Waals surface area (Å²) < 4.78 is 17.8. The zero-order chi connectivity index (χ0) is 21.6. The van der Waals surface area contributed by atoms with Crippen LogP contribution in [0.4, 0.5) is 5.82 Å². The minimum Gasteiger partial charge on any atom is -0.493 e. The molecule has 0 aliphatic rings. The van der Waals surface area contributed by atoms with Crippen LogP contribution in [0.3, 0.4) is 0 Å². The third-order valence-electron chi connectivity index (χ3n) is 4.56. The summed E-state index contributed by atoms with van der Waals surface area (Å²) in [7, 11) is 3.18. The summed E-state index contributed by atoms with van der Waals surface area (Å²) >= 11 is 1.53. The number of rotatable bonds is 9. The number of carbonyl (C=O) groups is 1. The number of thiophene rings is 1. The monoisotopic (exact) mass is 439 g/mol. The number of hydrogen-bond acceptors (Lipinski definition) is 8. The maximum Gasteiger partial charge on any atom is 0.227 e. The molecule has 0 fully saturated rings. The van der Waals surface area contributed by atoms with Crippen LogP contribution in [0.15, 0.2) is 52.5 Å². The van der Waals surface area contributed by atoms with Crippen molar-refractivity contribution in [1.82, 2.24) is 19.9 Å². The van der Waals surface area contributed by atoms with Crippen molar-refractivity contribution in [1.29, 1.82) is 0 Å². The molecule has 1 N–H and O–H groups in total. The van der Waals surface area contributed by atoms with Crippen molar-refractivity contribution in [2.75, 3.05) is 19.5 Å². The van der Waals surface area contributed by atoms with Crippen molar-refractivity contribution in [2.24, 2.45) is 0 Å². The molecule has 0 aliphatic carbocycles. The van der Waals surface area contributed by atoms with Crippen molar-refractivity contribution < 1.29 is 18.8 Å². The lowest BCUT2D eigenvalue weighted by Crippen LogP contribution is -2.16. The van der Waals surface area contributed by atoms with E-state index in [4.69, 9.17) is 14.0 Å². The second kappa shape index (κ2) is 9.43. The van der Waals surface area contributed by atoms with E-state index >= 15 is 0 Å². The van der Waals surface area contributed by atoms with Crippen LogP contribution >= 0.6 is 11.3 Å². The Bertz CT molecular complexity index is 1150. The molecule has 0 bridgehead atoms. The van der Waals surface area contributed by atoms with Gasteiger partial charge >= 0.3 is 0 Å². The molecule has 0 saturated heterocycles. The average molecular weight is 439 g/mol. The van der Waals surface area contributed by atoms with E-state index in [9.17, 15) is 4.79 Å². The van der Waals surface area contributed by atoms with Gasteiger partial charge in [0.05, 0.1) is 31.8 Å². The van der Waals surface area contributed by atoms with Crippen LogP contribution in [0.25, 0.3) is 10.7 Å². The second-order valence-electron chi connectivity index (χ2n) is 6.56. The first-order valence-corrected chi connectivity index (χ1v) is 10.4. The van der Waals surface area contributed by atoms with E-state index in [-0.39, 0.29) is 12.3 Å². The molecule has 3 aromatic heterocycles. The molecule has 0 atom stereocenters. The number of carbonyl (C=O) groups excluding carboxylic acids is 1. The SMILES string of the molecule is COc1cccc(Cn2nccc2NC(=O)CCc2nc(-c3cccs3)no2)c1OC. The Balaban J connectivity index is 1.38. The van der Waals surface area contributed by atoms with Gasteiger partial charge in [-0.1, -0.05) is 23.4 Å². The van der Waals surface area contributed by atoms with Crippen LogP contribution in [-0.4, -0.2) is 40.0 Å². The number of benzene rings is 1. The fourth-order valence-electron chi connectivity index (χ4n) is 3.09. The molecule has 1 aromatic carbocycles. The number of nitrogens with zero attached hydrogens (tertiary/aromatic N) is 4. The molecule has 10 heteroatoms. The first-order chi connectivity index (χ1) is 15.2. The molecular weight excluding hydrogens is 418 g/mol. The molecule has 0 saturated carbocycles. The van der Waals surface area contributed by atoms with E-state index in [1.54, 1.807) is 31.2 Å². The summed E-state index contributed by atoms with van der Waals surface area (Å²) in [6.45, 7) is 0.414. The number of ether oxygens (including phenoxy) is 2. The zero-order valence-corrected chi connectivity index (χ0v) is 17.9. The van der Waals surface area contributed by atoms with Crippen LogP contribution in [-0.2, 0) is 17.8 Å². The van der Waals surface area contributed by atoms with Gasteiger partial charge in [0.1, 0.15) is 5.82 Å². The second-order valence-corrected chi connectivity index (χ2v) is 7.51.